The first-order chi connectivity index (χ1) is 12.8. The Morgan fingerprint density at radius 3 is 2.89 bits per heavy atom. The summed E-state index contributed by atoms with van der Waals surface area (Å²) in [6, 6.07) is 7.33. The second-order valence-corrected chi connectivity index (χ2v) is 7.16. The largest absolute Gasteiger partial charge is 0.338 e. The number of carbonyl (C=O) groups is 2. The van der Waals surface area contributed by atoms with Crippen LogP contribution in [0, 0.1) is 11.7 Å². The Morgan fingerprint density at radius 1 is 1.41 bits per heavy atom. The number of piperidine rings is 1. The van der Waals surface area contributed by atoms with Gasteiger partial charge in [-0.2, -0.15) is 5.10 Å². The molecule has 2 N–H and O–H groups in total. The molecule has 1 aliphatic rings. The number of halogens is 1. The zero-order valence-corrected chi connectivity index (χ0v) is 15.7. The highest BCUT2D eigenvalue weighted by Crippen LogP contribution is 2.36. The van der Waals surface area contributed by atoms with Crippen molar-refractivity contribution in [2.45, 2.75) is 25.4 Å². The van der Waals surface area contributed by atoms with Crippen LogP contribution < -0.4 is 5.32 Å². The number of rotatable bonds is 5. The van der Waals surface area contributed by atoms with Gasteiger partial charge in [-0.15, -0.1) is 0 Å². The van der Waals surface area contributed by atoms with Gasteiger partial charge in [0.25, 0.3) is 0 Å². The summed E-state index contributed by atoms with van der Waals surface area (Å²) in [7, 11) is 5.54. The third-order valence-electron chi connectivity index (χ3n) is 4.76. The number of hydrogen-bond acceptors (Lipinski definition) is 4. The molecule has 0 spiro atoms. The first kappa shape index (κ1) is 19.0. The predicted octanol–water partition coefficient (Wildman–Crippen LogP) is 2.16. The summed E-state index contributed by atoms with van der Waals surface area (Å²) in [5.41, 5.74) is 1.49. The van der Waals surface area contributed by atoms with E-state index in [2.05, 4.69) is 15.5 Å². The summed E-state index contributed by atoms with van der Waals surface area (Å²) < 4.78 is 13.7. The highest BCUT2D eigenvalue weighted by atomic mass is 19.1. The number of H-pyrrole nitrogens is 1. The first-order valence-electron chi connectivity index (χ1n) is 8.86. The van der Waals surface area contributed by atoms with Gasteiger partial charge in [-0.1, -0.05) is 12.1 Å². The van der Waals surface area contributed by atoms with Crippen molar-refractivity contribution < 1.29 is 14.0 Å². The fourth-order valence-corrected chi connectivity index (χ4v) is 3.53. The minimum Gasteiger partial charge on any atom is -0.338 e. The number of anilines is 1. The van der Waals surface area contributed by atoms with Crippen LogP contribution in [-0.4, -0.2) is 53.0 Å². The molecule has 2 heterocycles. The number of nitrogens with zero attached hydrogens (tertiary/aromatic N) is 3. The van der Waals surface area contributed by atoms with Gasteiger partial charge in [-0.3, -0.25) is 14.7 Å². The van der Waals surface area contributed by atoms with E-state index in [1.165, 1.54) is 17.0 Å². The lowest BCUT2D eigenvalue weighted by Gasteiger charge is -2.38. The van der Waals surface area contributed by atoms with E-state index in [4.69, 9.17) is 0 Å². The molecule has 0 aliphatic carbocycles. The molecule has 27 heavy (non-hydrogen) atoms. The topological polar surface area (TPSA) is 81.3 Å². The molecular formula is C19H24FN5O2. The standard InChI is InChI=1S/C19H24FN5O2/c1-24(2)11-14-10-16(23-22-14)21-19(27)15-7-8-17(26)25(3)18(15)12-5-4-6-13(20)9-12/h4-6,9-10,15,18H,7-8,11H2,1-3H3,(H2,21,22,23,27)/t15-,18-/m1/s1. The van der Waals surface area contributed by atoms with Crippen LogP contribution in [0.5, 0.6) is 0 Å². The van der Waals surface area contributed by atoms with Gasteiger partial charge in [-0.25, -0.2) is 4.39 Å². The van der Waals surface area contributed by atoms with E-state index in [0.29, 0.717) is 24.3 Å². The highest BCUT2D eigenvalue weighted by molar-refractivity contribution is 5.94. The molecule has 0 saturated carbocycles. The van der Waals surface area contributed by atoms with Crippen LogP contribution in [0.2, 0.25) is 0 Å². The molecule has 7 nitrogen and oxygen atoms in total. The van der Waals surface area contributed by atoms with Crippen molar-refractivity contribution in [3.8, 4) is 0 Å². The molecule has 0 unspecified atom stereocenters. The van der Waals surface area contributed by atoms with Crippen molar-refractivity contribution in [2.75, 3.05) is 26.5 Å². The average molecular weight is 373 g/mol. The molecule has 1 aromatic carbocycles. The number of hydrogen-bond donors (Lipinski definition) is 2. The van der Waals surface area contributed by atoms with Crippen LogP contribution in [0.15, 0.2) is 30.3 Å². The van der Waals surface area contributed by atoms with E-state index >= 15 is 0 Å². The second-order valence-electron chi connectivity index (χ2n) is 7.16. The fourth-order valence-electron chi connectivity index (χ4n) is 3.53. The van der Waals surface area contributed by atoms with Crippen molar-refractivity contribution >= 4 is 17.6 Å². The summed E-state index contributed by atoms with van der Waals surface area (Å²) in [6.07, 6.45) is 0.692. The van der Waals surface area contributed by atoms with Crippen LogP contribution >= 0.6 is 0 Å². The molecule has 1 aliphatic heterocycles. The molecule has 1 saturated heterocycles. The van der Waals surface area contributed by atoms with Crippen LogP contribution in [0.3, 0.4) is 0 Å². The van der Waals surface area contributed by atoms with E-state index in [1.54, 1.807) is 25.2 Å². The zero-order valence-electron chi connectivity index (χ0n) is 15.7. The number of aromatic nitrogens is 2. The number of likely N-dealkylation sites (tertiary alicyclic amines) is 1. The first-order valence-corrected chi connectivity index (χ1v) is 8.86. The molecule has 0 radical (unpaired) electrons. The van der Waals surface area contributed by atoms with E-state index in [-0.39, 0.29) is 18.2 Å². The summed E-state index contributed by atoms with van der Waals surface area (Å²) in [5, 5.41) is 9.84. The molecule has 3 rings (SSSR count). The third kappa shape index (κ3) is 4.33. The minimum atomic E-state index is -0.512. The van der Waals surface area contributed by atoms with Gasteiger partial charge < -0.3 is 15.1 Å². The van der Waals surface area contributed by atoms with Gasteiger partial charge in [0.1, 0.15) is 5.82 Å². The van der Waals surface area contributed by atoms with Gasteiger partial charge in [0.15, 0.2) is 5.82 Å². The van der Waals surface area contributed by atoms with Gasteiger partial charge in [0.2, 0.25) is 11.8 Å². The van der Waals surface area contributed by atoms with Gasteiger partial charge in [0.05, 0.1) is 17.7 Å². The molecule has 1 fully saturated rings. The number of nitrogens with one attached hydrogen (secondary N) is 2. The molecule has 144 valence electrons. The lowest BCUT2D eigenvalue weighted by molar-refractivity contribution is -0.140. The lowest BCUT2D eigenvalue weighted by Crippen LogP contribution is -2.44. The van der Waals surface area contributed by atoms with Crippen molar-refractivity contribution in [3.05, 3.63) is 47.4 Å². The van der Waals surface area contributed by atoms with E-state index < -0.39 is 17.8 Å². The van der Waals surface area contributed by atoms with E-state index in [1.807, 2.05) is 19.0 Å². The van der Waals surface area contributed by atoms with Crippen molar-refractivity contribution in [3.63, 3.8) is 0 Å². The monoisotopic (exact) mass is 373 g/mol. The van der Waals surface area contributed by atoms with Crippen LogP contribution in [0.1, 0.15) is 30.1 Å². The quantitative estimate of drug-likeness (QED) is 0.842. The molecular weight excluding hydrogens is 349 g/mol. The van der Waals surface area contributed by atoms with Gasteiger partial charge in [-0.05, 0) is 38.2 Å². The van der Waals surface area contributed by atoms with Crippen LogP contribution in [0.4, 0.5) is 10.2 Å². The molecule has 2 aromatic rings. The van der Waals surface area contributed by atoms with Crippen molar-refractivity contribution in [2.24, 2.45) is 5.92 Å². The molecule has 2 atom stereocenters. The SMILES string of the molecule is CN(C)Cc1cc(NC(=O)[C@@H]2CCC(=O)N(C)[C@@H]2c2cccc(F)c2)n[nH]1. The summed E-state index contributed by atoms with van der Waals surface area (Å²) in [6.45, 7) is 0.676. The molecule has 0 bridgehead atoms. The fraction of sp³-hybridized carbons (Fsp3) is 0.421. The van der Waals surface area contributed by atoms with Crippen LogP contribution in [-0.2, 0) is 16.1 Å². The number of aromatic amines is 1. The Labute approximate surface area is 157 Å². The number of carbonyl (C=O) groups excluding carboxylic acids is 2. The number of benzene rings is 1. The Kier molecular flexibility index (Phi) is 5.55. The van der Waals surface area contributed by atoms with E-state index in [9.17, 15) is 14.0 Å². The Balaban J connectivity index is 1.80. The Morgan fingerprint density at radius 2 is 2.19 bits per heavy atom. The normalized spacial score (nSPS) is 20.2. The predicted molar refractivity (Wildman–Crippen MR) is 99.2 cm³/mol. The lowest BCUT2D eigenvalue weighted by atomic mass is 9.84. The molecule has 1 aromatic heterocycles. The number of amides is 2. The van der Waals surface area contributed by atoms with Crippen LogP contribution in [0.25, 0.3) is 0 Å². The van der Waals surface area contributed by atoms with Gasteiger partial charge in [0, 0.05) is 26.1 Å². The maximum absolute atomic E-state index is 13.7. The summed E-state index contributed by atoms with van der Waals surface area (Å²) in [4.78, 5) is 28.6. The molecule has 8 heteroatoms. The Hall–Kier alpha value is -2.74. The maximum atomic E-state index is 13.7. The highest BCUT2D eigenvalue weighted by Gasteiger charge is 2.39. The average Bonchev–Trinajstić information content (AvgIpc) is 3.03. The minimum absolute atomic E-state index is 0.0543. The van der Waals surface area contributed by atoms with Gasteiger partial charge >= 0.3 is 0 Å². The summed E-state index contributed by atoms with van der Waals surface area (Å²) in [5.74, 6) is -0.718. The maximum Gasteiger partial charge on any atom is 0.231 e. The molecule has 2 amide bonds. The summed E-state index contributed by atoms with van der Waals surface area (Å²) >= 11 is 0. The van der Waals surface area contributed by atoms with Crippen molar-refractivity contribution in [1.29, 1.82) is 0 Å². The zero-order chi connectivity index (χ0) is 19.6. The third-order valence-corrected chi connectivity index (χ3v) is 4.76. The Bertz CT molecular complexity index is 835. The van der Waals surface area contributed by atoms with E-state index in [0.717, 1.165) is 5.69 Å². The smallest absolute Gasteiger partial charge is 0.231 e. The van der Waals surface area contributed by atoms with Crippen molar-refractivity contribution in [1.82, 2.24) is 20.0 Å². The second kappa shape index (κ2) is 7.87.